The summed E-state index contributed by atoms with van der Waals surface area (Å²) in [4.78, 5) is 26.0. The molecule has 0 aliphatic heterocycles. The molecule has 2 rings (SSSR count). The highest BCUT2D eigenvalue weighted by molar-refractivity contribution is 7.10. The van der Waals surface area contributed by atoms with Crippen LogP contribution in [-0.2, 0) is 6.54 Å². The molecule has 1 N–H and O–H groups in total. The number of rotatable bonds is 4. The lowest BCUT2D eigenvalue weighted by Gasteiger charge is -2.15. The Morgan fingerprint density at radius 3 is 2.43 bits per heavy atom. The first-order chi connectivity index (χ1) is 9.81. The molecular weight excluding hydrogens is 290 g/mol. The summed E-state index contributed by atoms with van der Waals surface area (Å²) in [5, 5.41) is 10.8. The second-order valence-corrected chi connectivity index (χ2v) is 6.06. The van der Waals surface area contributed by atoms with Crippen molar-refractivity contribution in [1.29, 1.82) is 0 Å². The lowest BCUT2D eigenvalue weighted by Crippen LogP contribution is -2.26. The maximum atomic E-state index is 12.4. The summed E-state index contributed by atoms with van der Waals surface area (Å²) in [7, 11) is 1.67. The standard InChI is InChI=1S/C15H17NO4S/c1-8-10(3)21-7-13(8)14(17)16(4)6-11-5-12(15(18)19)9(2)20-11/h5,7H,6H2,1-4H3,(H,18,19). The van der Waals surface area contributed by atoms with Gasteiger partial charge in [-0.25, -0.2) is 4.79 Å². The Balaban J connectivity index is 2.16. The Hall–Kier alpha value is -2.08. The molecule has 0 aliphatic carbocycles. The van der Waals surface area contributed by atoms with Crippen molar-refractivity contribution in [3.05, 3.63) is 44.5 Å². The van der Waals surface area contributed by atoms with E-state index in [0.717, 1.165) is 10.4 Å². The van der Waals surface area contributed by atoms with Gasteiger partial charge in [0.15, 0.2) is 0 Å². The van der Waals surface area contributed by atoms with Gasteiger partial charge in [-0.05, 0) is 32.4 Å². The summed E-state index contributed by atoms with van der Waals surface area (Å²) in [6.45, 7) is 5.74. The van der Waals surface area contributed by atoms with Gasteiger partial charge in [-0.3, -0.25) is 4.79 Å². The zero-order valence-electron chi connectivity index (χ0n) is 12.4. The molecule has 0 aliphatic rings. The molecule has 6 heteroatoms. The predicted octanol–water partition coefficient (Wildman–Crippen LogP) is 3.24. The van der Waals surface area contributed by atoms with E-state index in [1.165, 1.54) is 11.0 Å². The smallest absolute Gasteiger partial charge is 0.339 e. The highest BCUT2D eigenvalue weighted by atomic mass is 32.1. The van der Waals surface area contributed by atoms with Gasteiger partial charge in [-0.15, -0.1) is 11.3 Å². The van der Waals surface area contributed by atoms with Gasteiger partial charge in [0.2, 0.25) is 0 Å². The molecule has 112 valence electrons. The van der Waals surface area contributed by atoms with Gasteiger partial charge < -0.3 is 14.4 Å². The van der Waals surface area contributed by atoms with Crippen LogP contribution in [0.3, 0.4) is 0 Å². The molecule has 0 bridgehead atoms. The Bertz CT molecular complexity index is 699. The molecule has 0 aromatic carbocycles. The number of hydrogen-bond acceptors (Lipinski definition) is 4. The number of aryl methyl sites for hydroxylation is 2. The summed E-state index contributed by atoms with van der Waals surface area (Å²) in [5.41, 5.74) is 1.80. The number of furan rings is 1. The fraction of sp³-hybridized carbons (Fsp3) is 0.333. The molecule has 0 saturated carbocycles. The third-order valence-electron chi connectivity index (χ3n) is 3.45. The molecule has 0 unspecified atom stereocenters. The Morgan fingerprint density at radius 1 is 1.29 bits per heavy atom. The van der Waals surface area contributed by atoms with Crippen LogP contribution in [0.2, 0.25) is 0 Å². The van der Waals surface area contributed by atoms with E-state index in [1.54, 1.807) is 25.3 Å². The van der Waals surface area contributed by atoms with E-state index in [0.29, 0.717) is 17.1 Å². The summed E-state index contributed by atoms with van der Waals surface area (Å²) in [6, 6.07) is 1.47. The quantitative estimate of drug-likeness (QED) is 0.941. The van der Waals surface area contributed by atoms with Crippen molar-refractivity contribution in [3.63, 3.8) is 0 Å². The third-order valence-corrected chi connectivity index (χ3v) is 4.47. The predicted molar refractivity (Wildman–Crippen MR) is 80.0 cm³/mol. The Morgan fingerprint density at radius 2 is 1.95 bits per heavy atom. The van der Waals surface area contributed by atoms with Gasteiger partial charge in [0.1, 0.15) is 17.1 Å². The molecule has 21 heavy (non-hydrogen) atoms. The number of thiophene rings is 1. The zero-order valence-corrected chi connectivity index (χ0v) is 13.2. The zero-order chi connectivity index (χ0) is 15.7. The minimum absolute atomic E-state index is 0.0946. The Kier molecular flexibility index (Phi) is 4.18. The van der Waals surface area contributed by atoms with E-state index in [4.69, 9.17) is 9.52 Å². The van der Waals surface area contributed by atoms with Gasteiger partial charge in [-0.2, -0.15) is 0 Å². The fourth-order valence-electron chi connectivity index (χ4n) is 2.07. The van der Waals surface area contributed by atoms with Crippen LogP contribution >= 0.6 is 11.3 Å². The maximum Gasteiger partial charge on any atom is 0.339 e. The summed E-state index contributed by atoms with van der Waals surface area (Å²) >= 11 is 1.54. The molecular formula is C15H17NO4S. The molecule has 2 aromatic rings. The van der Waals surface area contributed by atoms with E-state index >= 15 is 0 Å². The minimum Gasteiger partial charge on any atom is -0.478 e. The second-order valence-electron chi connectivity index (χ2n) is 4.98. The molecule has 0 fully saturated rings. The lowest BCUT2D eigenvalue weighted by atomic mass is 10.1. The van der Waals surface area contributed by atoms with Crippen LogP contribution in [0.5, 0.6) is 0 Å². The Labute approximate surface area is 126 Å². The van der Waals surface area contributed by atoms with Crippen LogP contribution in [0, 0.1) is 20.8 Å². The molecule has 0 saturated heterocycles. The van der Waals surface area contributed by atoms with Crippen molar-refractivity contribution in [2.75, 3.05) is 7.05 Å². The number of nitrogens with zero attached hydrogens (tertiary/aromatic N) is 1. The van der Waals surface area contributed by atoms with Crippen LogP contribution in [0.15, 0.2) is 15.9 Å². The van der Waals surface area contributed by atoms with E-state index < -0.39 is 5.97 Å². The number of hydrogen-bond donors (Lipinski definition) is 1. The third kappa shape index (κ3) is 3.00. The average Bonchev–Trinajstić information content (AvgIpc) is 2.93. The fourth-order valence-corrected chi connectivity index (χ4v) is 2.93. The first-order valence-corrected chi connectivity index (χ1v) is 7.32. The highest BCUT2D eigenvalue weighted by Crippen LogP contribution is 2.23. The molecule has 0 atom stereocenters. The van der Waals surface area contributed by atoms with Crippen LogP contribution < -0.4 is 0 Å². The maximum absolute atomic E-state index is 12.4. The second kappa shape index (κ2) is 5.73. The molecule has 0 spiro atoms. The topological polar surface area (TPSA) is 70.8 Å². The monoisotopic (exact) mass is 307 g/mol. The van der Waals surface area contributed by atoms with Crippen molar-refractivity contribution in [1.82, 2.24) is 4.90 Å². The minimum atomic E-state index is -1.03. The van der Waals surface area contributed by atoms with Gasteiger partial charge in [0, 0.05) is 17.3 Å². The molecule has 2 aromatic heterocycles. The lowest BCUT2D eigenvalue weighted by molar-refractivity contribution is 0.0694. The molecule has 0 radical (unpaired) electrons. The largest absolute Gasteiger partial charge is 0.478 e. The van der Waals surface area contributed by atoms with E-state index in [2.05, 4.69) is 0 Å². The van der Waals surface area contributed by atoms with E-state index in [9.17, 15) is 9.59 Å². The number of aromatic carboxylic acids is 1. The van der Waals surface area contributed by atoms with Gasteiger partial charge in [-0.1, -0.05) is 0 Å². The number of carbonyl (C=O) groups is 2. The molecule has 2 heterocycles. The van der Waals surface area contributed by atoms with Crippen LogP contribution in [0.1, 0.15) is 42.7 Å². The van der Waals surface area contributed by atoms with Crippen LogP contribution in [0.4, 0.5) is 0 Å². The highest BCUT2D eigenvalue weighted by Gasteiger charge is 2.20. The number of carboxylic acids is 1. The number of amides is 1. The van der Waals surface area contributed by atoms with E-state index in [-0.39, 0.29) is 18.0 Å². The SMILES string of the molecule is Cc1oc(CN(C)C(=O)c2csc(C)c2C)cc1C(=O)O. The van der Waals surface area contributed by atoms with Crippen LogP contribution in [0.25, 0.3) is 0 Å². The number of carboxylic acid groups (broad SMARTS) is 1. The molecule has 5 nitrogen and oxygen atoms in total. The van der Waals surface area contributed by atoms with Crippen molar-refractivity contribution in [2.45, 2.75) is 27.3 Å². The molecule has 1 amide bonds. The normalized spacial score (nSPS) is 10.7. The van der Waals surface area contributed by atoms with E-state index in [1.807, 2.05) is 19.2 Å². The first kappa shape index (κ1) is 15.3. The summed E-state index contributed by atoms with van der Waals surface area (Å²) in [6.07, 6.45) is 0. The summed E-state index contributed by atoms with van der Waals surface area (Å²) < 4.78 is 5.40. The van der Waals surface area contributed by atoms with Crippen molar-refractivity contribution in [2.24, 2.45) is 0 Å². The number of carbonyl (C=O) groups excluding carboxylic acids is 1. The van der Waals surface area contributed by atoms with Gasteiger partial charge in [0.05, 0.1) is 12.1 Å². The van der Waals surface area contributed by atoms with Crippen molar-refractivity contribution in [3.8, 4) is 0 Å². The summed E-state index contributed by atoms with van der Waals surface area (Å²) in [5.74, 6) is -0.310. The first-order valence-electron chi connectivity index (χ1n) is 6.44. The average molecular weight is 307 g/mol. The van der Waals surface area contributed by atoms with Gasteiger partial charge >= 0.3 is 5.97 Å². The van der Waals surface area contributed by atoms with Gasteiger partial charge in [0.25, 0.3) is 5.91 Å². The van der Waals surface area contributed by atoms with Crippen LogP contribution in [-0.4, -0.2) is 28.9 Å². The van der Waals surface area contributed by atoms with Crippen molar-refractivity contribution < 1.29 is 19.1 Å². The van der Waals surface area contributed by atoms with Crippen molar-refractivity contribution >= 4 is 23.2 Å².